The molecule has 4 N–H and O–H groups in total. The van der Waals surface area contributed by atoms with Gasteiger partial charge < -0.3 is 20.8 Å². The number of β-amino-alcohol motifs (C(OH)–C–C–N with tert-alkyl or cyclic N) is 1. The lowest BCUT2D eigenvalue weighted by atomic mass is 10.2. The summed E-state index contributed by atoms with van der Waals surface area (Å²) in [5.74, 6) is -1.24. The molecule has 0 saturated heterocycles. The average Bonchev–Trinajstić information content (AvgIpc) is 2.08. The highest BCUT2D eigenvalue weighted by Gasteiger charge is 2.19. The highest BCUT2D eigenvalue weighted by Crippen LogP contribution is 2.04. The minimum absolute atomic E-state index is 0.00264. The maximum Gasteiger partial charge on any atom is 0.334 e. The van der Waals surface area contributed by atoms with Gasteiger partial charge in [0.05, 0.1) is 12.7 Å². The molecule has 1 aliphatic heterocycles. The molecule has 0 spiro atoms. The van der Waals surface area contributed by atoms with Gasteiger partial charge in [-0.1, -0.05) is 6.08 Å². The molecule has 5 heteroatoms. The van der Waals surface area contributed by atoms with E-state index < -0.39 is 12.1 Å². The molecule has 1 rings (SSSR count). The van der Waals surface area contributed by atoms with Crippen LogP contribution in [0.4, 0.5) is 0 Å². The second kappa shape index (κ2) is 4.06. The van der Waals surface area contributed by atoms with Crippen molar-refractivity contribution in [2.45, 2.75) is 12.3 Å². The molecule has 0 aromatic carbocycles. The quantitative estimate of drug-likeness (QED) is 0.529. The Labute approximate surface area is 75.8 Å². The molecular formula is C8H12N2O3. The minimum Gasteiger partial charge on any atom is -0.479 e. The van der Waals surface area contributed by atoms with Crippen LogP contribution in [-0.4, -0.2) is 39.9 Å². The summed E-state index contributed by atoms with van der Waals surface area (Å²) in [7, 11) is 0. The van der Waals surface area contributed by atoms with Gasteiger partial charge in [-0.2, -0.15) is 0 Å². The number of nitrogens with zero attached hydrogens (tertiary/aromatic N) is 1. The zero-order chi connectivity index (χ0) is 9.84. The predicted molar refractivity (Wildman–Crippen MR) is 46.6 cm³/mol. The second-order valence-corrected chi connectivity index (χ2v) is 2.77. The van der Waals surface area contributed by atoms with Gasteiger partial charge in [-0.15, -0.1) is 0 Å². The van der Waals surface area contributed by atoms with Crippen molar-refractivity contribution in [3.05, 3.63) is 24.4 Å². The van der Waals surface area contributed by atoms with Gasteiger partial charge in [0.15, 0.2) is 6.10 Å². The van der Waals surface area contributed by atoms with Crippen LogP contribution in [0.3, 0.4) is 0 Å². The highest BCUT2D eigenvalue weighted by atomic mass is 16.4. The summed E-state index contributed by atoms with van der Waals surface area (Å²) in [5, 5.41) is 17.5. The molecule has 1 aliphatic rings. The Hall–Kier alpha value is -1.33. The third-order valence-electron chi connectivity index (χ3n) is 1.75. The lowest BCUT2D eigenvalue weighted by molar-refractivity contribution is -0.147. The Balaban J connectivity index is 2.49. The van der Waals surface area contributed by atoms with E-state index in [9.17, 15) is 4.79 Å². The standard InChI is InChI=1S/C8H12N2O3/c9-7-3-1-2-4-10(7)5-6(11)8(12)13/h1-4,6-7,11H,5,9H2,(H,12,13). The number of carboxylic acid groups (broad SMARTS) is 1. The topological polar surface area (TPSA) is 86.8 Å². The molecule has 0 fully saturated rings. The lowest BCUT2D eigenvalue weighted by Gasteiger charge is -2.27. The first-order valence-corrected chi connectivity index (χ1v) is 3.88. The van der Waals surface area contributed by atoms with Gasteiger partial charge in [0.2, 0.25) is 0 Å². The predicted octanol–water partition coefficient (Wildman–Crippen LogP) is -0.898. The third-order valence-corrected chi connectivity index (χ3v) is 1.75. The summed E-state index contributed by atoms with van der Waals surface area (Å²) in [6, 6.07) is 0. The average molecular weight is 184 g/mol. The molecule has 0 saturated carbocycles. The molecule has 2 atom stereocenters. The van der Waals surface area contributed by atoms with Crippen molar-refractivity contribution in [3.8, 4) is 0 Å². The third kappa shape index (κ3) is 2.57. The molecule has 72 valence electrons. The van der Waals surface area contributed by atoms with Crippen LogP contribution in [0.25, 0.3) is 0 Å². The fourth-order valence-electron chi connectivity index (χ4n) is 1.01. The van der Waals surface area contributed by atoms with E-state index in [1.807, 2.05) is 0 Å². The van der Waals surface area contributed by atoms with Gasteiger partial charge in [-0.3, -0.25) is 0 Å². The molecular weight excluding hydrogens is 172 g/mol. The van der Waals surface area contributed by atoms with Crippen LogP contribution >= 0.6 is 0 Å². The molecule has 1 heterocycles. The van der Waals surface area contributed by atoms with Gasteiger partial charge >= 0.3 is 5.97 Å². The van der Waals surface area contributed by atoms with E-state index >= 15 is 0 Å². The Morgan fingerprint density at radius 3 is 2.85 bits per heavy atom. The number of nitrogens with two attached hydrogens (primary N) is 1. The second-order valence-electron chi connectivity index (χ2n) is 2.77. The zero-order valence-corrected chi connectivity index (χ0v) is 7.00. The van der Waals surface area contributed by atoms with Crippen LogP contribution in [0.5, 0.6) is 0 Å². The number of aliphatic carboxylic acids is 1. The van der Waals surface area contributed by atoms with E-state index in [-0.39, 0.29) is 12.7 Å². The first-order valence-electron chi connectivity index (χ1n) is 3.88. The Morgan fingerprint density at radius 1 is 1.62 bits per heavy atom. The van der Waals surface area contributed by atoms with E-state index in [0.717, 1.165) is 0 Å². The molecule has 0 aromatic heterocycles. The number of carbonyl (C=O) groups is 1. The Morgan fingerprint density at radius 2 is 2.31 bits per heavy atom. The first-order chi connectivity index (χ1) is 6.11. The van der Waals surface area contributed by atoms with Gasteiger partial charge in [0, 0.05) is 6.20 Å². The summed E-state index contributed by atoms with van der Waals surface area (Å²) in [5.41, 5.74) is 5.61. The van der Waals surface area contributed by atoms with Crippen LogP contribution in [0.1, 0.15) is 0 Å². The van der Waals surface area contributed by atoms with Crippen molar-refractivity contribution in [2.75, 3.05) is 6.54 Å². The van der Waals surface area contributed by atoms with Crippen molar-refractivity contribution < 1.29 is 15.0 Å². The van der Waals surface area contributed by atoms with Crippen LogP contribution in [-0.2, 0) is 4.79 Å². The van der Waals surface area contributed by atoms with Crippen molar-refractivity contribution in [1.29, 1.82) is 0 Å². The number of aliphatic hydroxyl groups is 1. The smallest absolute Gasteiger partial charge is 0.334 e. The van der Waals surface area contributed by atoms with Gasteiger partial charge in [-0.25, -0.2) is 4.79 Å². The largest absolute Gasteiger partial charge is 0.479 e. The number of carboxylic acids is 1. The maximum atomic E-state index is 10.3. The molecule has 13 heavy (non-hydrogen) atoms. The van der Waals surface area contributed by atoms with E-state index in [0.29, 0.717) is 0 Å². The van der Waals surface area contributed by atoms with E-state index in [1.165, 1.54) is 0 Å². The van der Waals surface area contributed by atoms with Gasteiger partial charge in [-0.05, 0) is 12.2 Å². The van der Waals surface area contributed by atoms with Gasteiger partial charge in [0.1, 0.15) is 0 Å². The van der Waals surface area contributed by atoms with Crippen molar-refractivity contribution in [2.24, 2.45) is 5.73 Å². The summed E-state index contributed by atoms with van der Waals surface area (Å²) >= 11 is 0. The summed E-state index contributed by atoms with van der Waals surface area (Å²) in [4.78, 5) is 11.9. The number of rotatable bonds is 3. The van der Waals surface area contributed by atoms with Crippen LogP contribution in [0.2, 0.25) is 0 Å². The van der Waals surface area contributed by atoms with Crippen molar-refractivity contribution in [3.63, 3.8) is 0 Å². The van der Waals surface area contributed by atoms with Gasteiger partial charge in [0.25, 0.3) is 0 Å². The molecule has 0 amide bonds. The van der Waals surface area contributed by atoms with E-state index in [2.05, 4.69) is 0 Å². The number of allylic oxidation sites excluding steroid dienone is 2. The zero-order valence-electron chi connectivity index (χ0n) is 7.00. The first kappa shape index (κ1) is 9.76. The summed E-state index contributed by atoms with van der Waals surface area (Å²) in [6.07, 6.45) is 5.11. The fourth-order valence-corrected chi connectivity index (χ4v) is 1.01. The highest BCUT2D eigenvalue weighted by molar-refractivity contribution is 5.72. The molecule has 0 bridgehead atoms. The van der Waals surface area contributed by atoms with Crippen LogP contribution < -0.4 is 5.73 Å². The SMILES string of the molecule is NC1C=CC=CN1CC(O)C(=O)O. The fraction of sp³-hybridized carbons (Fsp3) is 0.375. The Kier molecular flexibility index (Phi) is 3.05. The molecule has 0 aliphatic carbocycles. The van der Waals surface area contributed by atoms with E-state index in [1.54, 1.807) is 29.3 Å². The Bertz CT molecular complexity index is 250. The summed E-state index contributed by atoms with van der Waals surface area (Å²) in [6.45, 7) is -0.00264. The maximum absolute atomic E-state index is 10.3. The number of hydrogen-bond acceptors (Lipinski definition) is 4. The monoisotopic (exact) mass is 184 g/mol. The molecule has 0 aromatic rings. The molecule has 2 unspecified atom stereocenters. The molecule has 5 nitrogen and oxygen atoms in total. The van der Waals surface area contributed by atoms with Crippen molar-refractivity contribution >= 4 is 5.97 Å². The minimum atomic E-state index is -1.40. The van der Waals surface area contributed by atoms with E-state index in [4.69, 9.17) is 15.9 Å². The number of hydrogen-bond donors (Lipinski definition) is 3. The normalized spacial score (nSPS) is 23.2. The summed E-state index contributed by atoms with van der Waals surface area (Å²) < 4.78 is 0. The van der Waals surface area contributed by atoms with Crippen LogP contribution in [0.15, 0.2) is 24.4 Å². The molecule has 0 radical (unpaired) electrons. The lowest BCUT2D eigenvalue weighted by Crippen LogP contribution is -2.44. The van der Waals surface area contributed by atoms with Crippen LogP contribution in [0, 0.1) is 0 Å². The van der Waals surface area contributed by atoms with Crippen molar-refractivity contribution in [1.82, 2.24) is 4.90 Å². The number of aliphatic hydroxyl groups excluding tert-OH is 1.